The fraction of sp³-hybridized carbons (Fsp3) is 0.316. The molecule has 2 aromatic rings. The molecule has 1 aliphatic heterocycles. The molecule has 1 unspecified atom stereocenters. The predicted octanol–water partition coefficient (Wildman–Crippen LogP) is 2.15. The topological polar surface area (TPSA) is 61.8 Å². The first-order chi connectivity index (χ1) is 11.6. The van der Waals surface area contributed by atoms with Gasteiger partial charge in [-0.25, -0.2) is 0 Å². The van der Waals surface area contributed by atoms with Crippen molar-refractivity contribution in [1.82, 2.24) is 5.32 Å². The molecule has 1 aliphatic rings. The van der Waals surface area contributed by atoms with E-state index in [0.717, 1.165) is 18.5 Å². The van der Waals surface area contributed by atoms with Crippen molar-refractivity contribution in [3.63, 3.8) is 0 Å². The van der Waals surface area contributed by atoms with Gasteiger partial charge in [0.1, 0.15) is 5.75 Å². The van der Waals surface area contributed by atoms with E-state index in [9.17, 15) is 9.90 Å². The minimum absolute atomic E-state index is 0.180. The highest BCUT2D eigenvalue weighted by atomic mass is 16.5. The third kappa shape index (κ3) is 3.36. The molecule has 1 amide bonds. The van der Waals surface area contributed by atoms with Gasteiger partial charge in [0.25, 0.3) is 5.91 Å². The maximum atomic E-state index is 12.1. The first-order valence-corrected chi connectivity index (χ1v) is 8.03. The molecule has 0 spiro atoms. The Hall–Kier alpha value is -2.53. The minimum Gasteiger partial charge on any atom is -0.497 e. The molecular formula is C19H22N2O3. The Morgan fingerprint density at radius 3 is 2.75 bits per heavy atom. The van der Waals surface area contributed by atoms with Crippen LogP contribution < -0.4 is 15.0 Å². The van der Waals surface area contributed by atoms with Gasteiger partial charge in [0.05, 0.1) is 13.2 Å². The summed E-state index contributed by atoms with van der Waals surface area (Å²) in [4.78, 5) is 14.3. The lowest BCUT2D eigenvalue weighted by atomic mass is 10.0. The number of hydrogen-bond donors (Lipinski definition) is 2. The quantitative estimate of drug-likeness (QED) is 0.884. The smallest absolute Gasteiger partial charge is 0.251 e. The van der Waals surface area contributed by atoms with Crippen LogP contribution in [0.4, 0.5) is 5.69 Å². The number of carbonyl (C=O) groups excluding carboxylic acids is 1. The highest BCUT2D eigenvalue weighted by molar-refractivity contribution is 5.94. The molecule has 0 aromatic heterocycles. The molecule has 1 heterocycles. The molecule has 0 fully saturated rings. The first-order valence-electron chi connectivity index (χ1n) is 8.03. The number of fused-ring (bicyclic) bond motifs is 1. The van der Waals surface area contributed by atoms with Gasteiger partial charge in [-0.05, 0) is 47.9 Å². The summed E-state index contributed by atoms with van der Waals surface area (Å²) in [5.41, 5.74) is 3.83. The molecule has 5 nitrogen and oxygen atoms in total. The Labute approximate surface area is 141 Å². The van der Waals surface area contributed by atoms with Gasteiger partial charge in [-0.1, -0.05) is 12.1 Å². The van der Waals surface area contributed by atoms with Crippen LogP contribution in [0, 0.1) is 0 Å². The SMILES string of the molecule is COc1ccc(C(=O)NCC(O)c2ccc3c(c2)CCN3C)cc1. The van der Waals surface area contributed by atoms with Crippen LogP contribution in [0.25, 0.3) is 0 Å². The Balaban J connectivity index is 1.60. The zero-order valence-electron chi connectivity index (χ0n) is 14.0. The van der Waals surface area contributed by atoms with E-state index in [1.807, 2.05) is 18.2 Å². The Kier molecular flexibility index (Phi) is 4.71. The summed E-state index contributed by atoms with van der Waals surface area (Å²) < 4.78 is 5.07. The summed E-state index contributed by atoms with van der Waals surface area (Å²) in [5, 5.41) is 13.1. The number of nitrogens with one attached hydrogen (secondary N) is 1. The predicted molar refractivity (Wildman–Crippen MR) is 93.7 cm³/mol. The number of aliphatic hydroxyl groups excluding tert-OH is 1. The van der Waals surface area contributed by atoms with E-state index < -0.39 is 6.10 Å². The summed E-state index contributed by atoms with van der Waals surface area (Å²) in [7, 11) is 3.65. The maximum Gasteiger partial charge on any atom is 0.251 e. The van der Waals surface area contributed by atoms with Crippen molar-refractivity contribution in [2.24, 2.45) is 0 Å². The van der Waals surface area contributed by atoms with E-state index in [-0.39, 0.29) is 12.5 Å². The Bertz CT molecular complexity index is 728. The molecule has 0 saturated heterocycles. The van der Waals surface area contributed by atoms with Gasteiger partial charge in [-0.15, -0.1) is 0 Å². The number of aliphatic hydroxyl groups is 1. The van der Waals surface area contributed by atoms with Crippen LogP contribution in [0.15, 0.2) is 42.5 Å². The molecule has 0 bridgehead atoms. The molecule has 2 aromatic carbocycles. The van der Waals surface area contributed by atoms with Crippen LogP contribution in [0.5, 0.6) is 5.75 Å². The normalized spacial score (nSPS) is 14.2. The number of rotatable bonds is 5. The molecule has 5 heteroatoms. The molecule has 1 atom stereocenters. The highest BCUT2D eigenvalue weighted by Crippen LogP contribution is 2.29. The van der Waals surface area contributed by atoms with E-state index in [1.54, 1.807) is 31.4 Å². The fourth-order valence-electron chi connectivity index (χ4n) is 2.95. The lowest BCUT2D eigenvalue weighted by Crippen LogP contribution is -2.28. The van der Waals surface area contributed by atoms with Crippen molar-refractivity contribution in [2.75, 3.05) is 32.1 Å². The Morgan fingerprint density at radius 1 is 1.29 bits per heavy atom. The lowest BCUT2D eigenvalue weighted by Gasteiger charge is -2.15. The monoisotopic (exact) mass is 326 g/mol. The maximum absolute atomic E-state index is 12.1. The minimum atomic E-state index is -0.719. The molecular weight excluding hydrogens is 304 g/mol. The van der Waals surface area contributed by atoms with Crippen molar-refractivity contribution in [2.45, 2.75) is 12.5 Å². The van der Waals surface area contributed by atoms with E-state index in [4.69, 9.17) is 4.74 Å². The van der Waals surface area contributed by atoms with Gasteiger partial charge in [0.15, 0.2) is 0 Å². The van der Waals surface area contributed by atoms with Crippen LogP contribution in [0.1, 0.15) is 27.6 Å². The van der Waals surface area contributed by atoms with Gasteiger partial charge < -0.3 is 20.1 Å². The number of carbonyl (C=O) groups is 1. The van der Waals surface area contributed by atoms with Crippen molar-refractivity contribution in [3.8, 4) is 5.75 Å². The first kappa shape index (κ1) is 16.3. The highest BCUT2D eigenvalue weighted by Gasteiger charge is 2.18. The van der Waals surface area contributed by atoms with E-state index in [1.165, 1.54) is 11.3 Å². The molecule has 2 N–H and O–H groups in total. The number of hydrogen-bond acceptors (Lipinski definition) is 4. The molecule has 0 aliphatic carbocycles. The van der Waals surface area contributed by atoms with Crippen molar-refractivity contribution in [3.05, 3.63) is 59.2 Å². The largest absolute Gasteiger partial charge is 0.497 e. The van der Waals surface area contributed by atoms with E-state index in [0.29, 0.717) is 11.3 Å². The number of amides is 1. The Morgan fingerprint density at radius 2 is 2.04 bits per heavy atom. The second-order valence-corrected chi connectivity index (χ2v) is 6.01. The van der Waals surface area contributed by atoms with Gasteiger partial charge >= 0.3 is 0 Å². The van der Waals surface area contributed by atoms with Crippen LogP contribution in [-0.2, 0) is 6.42 Å². The summed E-state index contributed by atoms with van der Waals surface area (Å²) in [6.07, 6.45) is 0.272. The number of nitrogens with zero attached hydrogens (tertiary/aromatic N) is 1. The third-order valence-corrected chi connectivity index (χ3v) is 4.42. The molecule has 0 saturated carbocycles. The molecule has 24 heavy (non-hydrogen) atoms. The number of likely N-dealkylation sites (N-methyl/N-ethyl adjacent to an activating group) is 1. The zero-order valence-corrected chi connectivity index (χ0v) is 14.0. The second kappa shape index (κ2) is 6.93. The van der Waals surface area contributed by atoms with Crippen molar-refractivity contribution in [1.29, 1.82) is 0 Å². The summed E-state index contributed by atoms with van der Waals surface area (Å²) in [6.45, 7) is 1.18. The standard InChI is InChI=1S/C19H22N2O3/c1-21-10-9-14-11-15(5-8-17(14)21)18(22)12-20-19(23)13-3-6-16(24-2)7-4-13/h3-8,11,18,22H,9-10,12H2,1-2H3,(H,20,23). The number of benzene rings is 2. The van der Waals surface area contributed by atoms with Gasteiger partial charge in [0, 0.05) is 31.4 Å². The van der Waals surface area contributed by atoms with Crippen LogP contribution in [0.3, 0.4) is 0 Å². The van der Waals surface area contributed by atoms with Gasteiger partial charge in [-0.3, -0.25) is 4.79 Å². The third-order valence-electron chi connectivity index (χ3n) is 4.42. The molecule has 0 radical (unpaired) electrons. The van der Waals surface area contributed by atoms with Crippen LogP contribution >= 0.6 is 0 Å². The fourth-order valence-corrected chi connectivity index (χ4v) is 2.95. The van der Waals surface area contributed by atoms with Crippen LogP contribution in [-0.4, -0.2) is 38.3 Å². The second-order valence-electron chi connectivity index (χ2n) is 6.01. The van der Waals surface area contributed by atoms with Gasteiger partial charge in [-0.2, -0.15) is 0 Å². The molecule has 3 rings (SSSR count). The zero-order chi connectivity index (χ0) is 17.1. The van der Waals surface area contributed by atoms with Crippen molar-refractivity contribution < 1.29 is 14.6 Å². The lowest BCUT2D eigenvalue weighted by molar-refractivity contribution is 0.0916. The van der Waals surface area contributed by atoms with Gasteiger partial charge in [0.2, 0.25) is 0 Å². The van der Waals surface area contributed by atoms with Crippen LogP contribution in [0.2, 0.25) is 0 Å². The molecule has 126 valence electrons. The van der Waals surface area contributed by atoms with E-state index >= 15 is 0 Å². The summed E-state index contributed by atoms with van der Waals surface area (Å²) in [6, 6.07) is 12.9. The number of anilines is 1. The average Bonchev–Trinajstić information content (AvgIpc) is 3.00. The van der Waals surface area contributed by atoms with E-state index in [2.05, 4.69) is 17.3 Å². The summed E-state index contributed by atoms with van der Waals surface area (Å²) in [5.74, 6) is 0.493. The summed E-state index contributed by atoms with van der Waals surface area (Å²) >= 11 is 0. The average molecular weight is 326 g/mol. The number of methoxy groups -OCH3 is 1. The number of ether oxygens (including phenoxy) is 1. The van der Waals surface area contributed by atoms with Crippen molar-refractivity contribution >= 4 is 11.6 Å².